The first-order valence-electron chi connectivity index (χ1n) is 5.20. The Balaban J connectivity index is 3.00. The summed E-state index contributed by atoms with van der Waals surface area (Å²) in [7, 11) is 0. The highest BCUT2D eigenvalue weighted by atomic mass is 16.3. The van der Waals surface area contributed by atoms with Crippen LogP contribution >= 0.6 is 0 Å². The molecule has 0 aliphatic rings. The molecule has 1 aromatic heterocycles. The second kappa shape index (κ2) is 5.26. The molecule has 0 aliphatic heterocycles. The number of nitrogens with zero attached hydrogens (tertiary/aromatic N) is 1. The molecule has 0 atom stereocenters. The molecule has 0 radical (unpaired) electrons. The molecular formula is C12H16N2O. The Bertz CT molecular complexity index is 396. The summed E-state index contributed by atoms with van der Waals surface area (Å²) in [6.07, 6.45) is 2.44. The lowest BCUT2D eigenvalue weighted by Gasteiger charge is -2.01. The summed E-state index contributed by atoms with van der Waals surface area (Å²) in [4.78, 5) is 0. The zero-order valence-corrected chi connectivity index (χ0v) is 9.21. The van der Waals surface area contributed by atoms with Gasteiger partial charge in [0.15, 0.2) is 5.76 Å². The second-order valence-electron chi connectivity index (χ2n) is 3.37. The van der Waals surface area contributed by atoms with Crippen LogP contribution in [0.5, 0.6) is 0 Å². The van der Waals surface area contributed by atoms with E-state index in [-0.39, 0.29) is 0 Å². The van der Waals surface area contributed by atoms with Crippen LogP contribution in [0, 0.1) is 11.3 Å². The Hall–Kier alpha value is -1.69. The van der Waals surface area contributed by atoms with E-state index in [2.05, 4.69) is 6.07 Å². The summed E-state index contributed by atoms with van der Waals surface area (Å²) in [6, 6.07) is 5.84. The monoisotopic (exact) mass is 204 g/mol. The molecule has 0 fully saturated rings. The lowest BCUT2D eigenvalue weighted by Crippen LogP contribution is -1.99. The van der Waals surface area contributed by atoms with Gasteiger partial charge in [-0.2, -0.15) is 5.26 Å². The van der Waals surface area contributed by atoms with Gasteiger partial charge in [-0.3, -0.25) is 0 Å². The standard InChI is InChI=1S/C12H16N2O/c1-3-5-9(8-13)12(14)11-7-6-10(4-2)15-11/h6-7H,3-5,14H2,1-2H3/b12-9-. The van der Waals surface area contributed by atoms with E-state index in [0.29, 0.717) is 23.5 Å². The number of nitriles is 1. The van der Waals surface area contributed by atoms with Gasteiger partial charge in [0, 0.05) is 6.42 Å². The maximum atomic E-state index is 8.92. The van der Waals surface area contributed by atoms with Crippen molar-refractivity contribution in [3.05, 3.63) is 29.2 Å². The van der Waals surface area contributed by atoms with Crippen LogP contribution in [0.3, 0.4) is 0 Å². The fourth-order valence-electron chi connectivity index (χ4n) is 1.36. The fourth-order valence-corrected chi connectivity index (χ4v) is 1.36. The van der Waals surface area contributed by atoms with E-state index in [1.807, 2.05) is 26.0 Å². The fraction of sp³-hybridized carbons (Fsp3) is 0.417. The Morgan fingerprint density at radius 3 is 2.67 bits per heavy atom. The number of nitrogens with two attached hydrogens (primary N) is 1. The van der Waals surface area contributed by atoms with E-state index in [4.69, 9.17) is 15.4 Å². The van der Waals surface area contributed by atoms with Gasteiger partial charge in [-0.15, -0.1) is 0 Å². The van der Waals surface area contributed by atoms with Crippen molar-refractivity contribution in [2.24, 2.45) is 5.73 Å². The first kappa shape index (κ1) is 11.4. The molecule has 3 nitrogen and oxygen atoms in total. The van der Waals surface area contributed by atoms with Crippen LogP contribution in [0.2, 0.25) is 0 Å². The minimum atomic E-state index is 0.471. The summed E-state index contributed by atoms with van der Waals surface area (Å²) in [5.41, 5.74) is 6.94. The summed E-state index contributed by atoms with van der Waals surface area (Å²) >= 11 is 0. The number of hydrogen-bond donors (Lipinski definition) is 1. The molecule has 3 heteroatoms. The molecule has 15 heavy (non-hydrogen) atoms. The molecule has 0 unspecified atom stereocenters. The van der Waals surface area contributed by atoms with Gasteiger partial charge < -0.3 is 10.2 Å². The Kier molecular flexibility index (Phi) is 3.99. The molecular weight excluding hydrogens is 188 g/mol. The minimum absolute atomic E-state index is 0.471. The number of hydrogen-bond acceptors (Lipinski definition) is 3. The smallest absolute Gasteiger partial charge is 0.150 e. The molecule has 0 bridgehead atoms. The minimum Gasteiger partial charge on any atom is -0.460 e. The van der Waals surface area contributed by atoms with E-state index in [9.17, 15) is 0 Å². The average Bonchev–Trinajstić information content (AvgIpc) is 2.73. The van der Waals surface area contributed by atoms with Gasteiger partial charge in [0.05, 0.1) is 17.3 Å². The zero-order chi connectivity index (χ0) is 11.3. The van der Waals surface area contributed by atoms with Crippen molar-refractivity contribution >= 4 is 5.70 Å². The molecule has 1 heterocycles. The largest absolute Gasteiger partial charge is 0.460 e. The maximum Gasteiger partial charge on any atom is 0.150 e. The SMILES string of the molecule is CCC/C(C#N)=C(/N)c1ccc(CC)o1. The van der Waals surface area contributed by atoms with E-state index in [0.717, 1.165) is 18.6 Å². The van der Waals surface area contributed by atoms with Crippen LogP contribution in [0.1, 0.15) is 38.2 Å². The topological polar surface area (TPSA) is 63.0 Å². The Labute approximate surface area is 90.2 Å². The number of aryl methyl sites for hydroxylation is 1. The van der Waals surface area contributed by atoms with Gasteiger partial charge in [-0.25, -0.2) is 0 Å². The van der Waals surface area contributed by atoms with E-state index >= 15 is 0 Å². The van der Waals surface area contributed by atoms with Crippen LogP contribution in [0.25, 0.3) is 5.70 Å². The summed E-state index contributed by atoms with van der Waals surface area (Å²) < 4.78 is 5.49. The van der Waals surface area contributed by atoms with Crippen LogP contribution < -0.4 is 5.73 Å². The maximum absolute atomic E-state index is 8.92. The predicted octanol–water partition coefficient (Wildman–Crippen LogP) is 2.84. The zero-order valence-electron chi connectivity index (χ0n) is 9.21. The van der Waals surface area contributed by atoms with Crippen molar-refractivity contribution < 1.29 is 4.42 Å². The number of rotatable bonds is 4. The van der Waals surface area contributed by atoms with Crippen LogP contribution in [-0.2, 0) is 6.42 Å². The molecule has 0 aliphatic carbocycles. The molecule has 0 aromatic carbocycles. The number of furan rings is 1. The van der Waals surface area contributed by atoms with E-state index in [1.54, 1.807) is 0 Å². The lowest BCUT2D eigenvalue weighted by molar-refractivity contribution is 0.503. The van der Waals surface area contributed by atoms with Crippen LogP contribution in [-0.4, -0.2) is 0 Å². The molecule has 2 N–H and O–H groups in total. The normalized spacial score (nSPS) is 12.1. The van der Waals surface area contributed by atoms with Crippen LogP contribution in [0.4, 0.5) is 0 Å². The van der Waals surface area contributed by atoms with Crippen molar-refractivity contribution in [3.63, 3.8) is 0 Å². The highest BCUT2D eigenvalue weighted by Crippen LogP contribution is 2.19. The third-order valence-electron chi connectivity index (χ3n) is 2.24. The average molecular weight is 204 g/mol. The second-order valence-corrected chi connectivity index (χ2v) is 3.37. The summed E-state index contributed by atoms with van der Waals surface area (Å²) in [5, 5.41) is 8.92. The van der Waals surface area contributed by atoms with Gasteiger partial charge in [0.25, 0.3) is 0 Å². The first-order chi connectivity index (χ1) is 7.22. The molecule has 80 valence electrons. The van der Waals surface area contributed by atoms with E-state index in [1.165, 1.54) is 0 Å². The molecule has 0 saturated heterocycles. The molecule has 1 rings (SSSR count). The molecule has 1 aromatic rings. The highest BCUT2D eigenvalue weighted by molar-refractivity contribution is 5.65. The Morgan fingerprint density at radius 2 is 2.20 bits per heavy atom. The van der Waals surface area contributed by atoms with Crippen molar-refractivity contribution in [1.29, 1.82) is 5.26 Å². The summed E-state index contributed by atoms with van der Waals surface area (Å²) in [5.74, 6) is 1.50. The van der Waals surface area contributed by atoms with Crippen molar-refractivity contribution in [2.75, 3.05) is 0 Å². The van der Waals surface area contributed by atoms with Gasteiger partial charge in [-0.1, -0.05) is 20.3 Å². The predicted molar refractivity (Wildman–Crippen MR) is 59.7 cm³/mol. The van der Waals surface area contributed by atoms with Crippen LogP contribution in [0.15, 0.2) is 22.1 Å². The molecule has 0 spiro atoms. The lowest BCUT2D eigenvalue weighted by atomic mass is 10.1. The van der Waals surface area contributed by atoms with E-state index < -0.39 is 0 Å². The van der Waals surface area contributed by atoms with Crippen molar-refractivity contribution in [1.82, 2.24) is 0 Å². The highest BCUT2D eigenvalue weighted by Gasteiger charge is 2.08. The quantitative estimate of drug-likeness (QED) is 0.767. The van der Waals surface area contributed by atoms with Crippen molar-refractivity contribution in [2.45, 2.75) is 33.1 Å². The first-order valence-corrected chi connectivity index (χ1v) is 5.20. The molecule has 0 saturated carbocycles. The third kappa shape index (κ3) is 2.63. The van der Waals surface area contributed by atoms with Gasteiger partial charge >= 0.3 is 0 Å². The molecule has 0 amide bonds. The van der Waals surface area contributed by atoms with Gasteiger partial charge in [0.1, 0.15) is 5.76 Å². The summed E-state index contributed by atoms with van der Waals surface area (Å²) in [6.45, 7) is 4.03. The van der Waals surface area contributed by atoms with Crippen molar-refractivity contribution in [3.8, 4) is 6.07 Å². The Morgan fingerprint density at radius 1 is 1.47 bits per heavy atom. The van der Waals surface area contributed by atoms with Gasteiger partial charge in [0.2, 0.25) is 0 Å². The number of allylic oxidation sites excluding steroid dienone is 1. The third-order valence-corrected chi connectivity index (χ3v) is 2.24. The van der Waals surface area contributed by atoms with Gasteiger partial charge in [-0.05, 0) is 18.6 Å².